The minimum Gasteiger partial charge on any atom is -0.312 e. The van der Waals surface area contributed by atoms with Crippen molar-refractivity contribution in [2.75, 3.05) is 12.8 Å². The fraction of sp³-hybridized carbons (Fsp3) is 0.250. The van der Waals surface area contributed by atoms with Crippen molar-refractivity contribution in [2.45, 2.75) is 17.9 Å². The molecule has 2 atom stereocenters. The number of hydrogen-bond acceptors (Lipinski definition) is 2. The lowest BCUT2D eigenvalue weighted by molar-refractivity contribution is 0.635. The summed E-state index contributed by atoms with van der Waals surface area (Å²) in [7, 11) is 0.922. The molecule has 0 aliphatic carbocycles. The van der Waals surface area contributed by atoms with Gasteiger partial charge in [0, 0.05) is 16.7 Å². The highest BCUT2D eigenvalue weighted by molar-refractivity contribution is 7.85. The van der Waals surface area contributed by atoms with Gasteiger partial charge in [-0.05, 0) is 31.2 Å². The molecule has 0 spiro atoms. The molecule has 2 unspecified atom stereocenters. The zero-order valence-corrected chi connectivity index (χ0v) is 12.1. The molecule has 1 N–H and O–H groups in total. The maximum atomic E-state index is 12.5. The maximum Gasteiger partial charge on any atom is 0.0551 e. The molecular formula is C16H19NOS. The third kappa shape index (κ3) is 3.52. The molecule has 0 saturated heterocycles. The van der Waals surface area contributed by atoms with Crippen molar-refractivity contribution in [3.8, 4) is 0 Å². The van der Waals surface area contributed by atoms with E-state index >= 15 is 0 Å². The van der Waals surface area contributed by atoms with E-state index in [4.69, 9.17) is 0 Å². The molecule has 0 aromatic heterocycles. The van der Waals surface area contributed by atoms with Crippen LogP contribution in [0.25, 0.3) is 0 Å². The lowest BCUT2D eigenvalue weighted by Crippen LogP contribution is -2.22. The monoisotopic (exact) mass is 273 g/mol. The van der Waals surface area contributed by atoms with Crippen molar-refractivity contribution in [1.29, 1.82) is 0 Å². The SMILES string of the molecule is CNC(CS(=O)c1ccccc1C)c1ccccc1. The second kappa shape index (κ2) is 6.64. The summed E-state index contributed by atoms with van der Waals surface area (Å²) in [5.41, 5.74) is 2.26. The minimum absolute atomic E-state index is 0.113. The second-order valence-electron chi connectivity index (χ2n) is 4.53. The molecule has 2 aromatic rings. The summed E-state index contributed by atoms with van der Waals surface area (Å²) in [6.45, 7) is 2.00. The average Bonchev–Trinajstić information content (AvgIpc) is 2.46. The van der Waals surface area contributed by atoms with Crippen molar-refractivity contribution < 1.29 is 4.21 Å². The van der Waals surface area contributed by atoms with E-state index in [1.54, 1.807) is 0 Å². The molecule has 3 heteroatoms. The Morgan fingerprint density at radius 2 is 1.68 bits per heavy atom. The van der Waals surface area contributed by atoms with E-state index in [9.17, 15) is 4.21 Å². The molecule has 0 saturated carbocycles. The van der Waals surface area contributed by atoms with Crippen LogP contribution >= 0.6 is 0 Å². The molecule has 0 aliphatic heterocycles. The number of hydrogen-bond donors (Lipinski definition) is 1. The van der Waals surface area contributed by atoms with Gasteiger partial charge in [-0.1, -0.05) is 48.5 Å². The van der Waals surface area contributed by atoms with Crippen LogP contribution in [0.1, 0.15) is 17.2 Å². The van der Waals surface area contributed by atoms with Crippen LogP contribution in [0.5, 0.6) is 0 Å². The normalized spacial score (nSPS) is 14.0. The summed E-state index contributed by atoms with van der Waals surface area (Å²) < 4.78 is 12.5. The molecule has 19 heavy (non-hydrogen) atoms. The predicted octanol–water partition coefficient (Wildman–Crippen LogP) is 3.06. The van der Waals surface area contributed by atoms with E-state index in [2.05, 4.69) is 17.4 Å². The van der Waals surface area contributed by atoms with Gasteiger partial charge < -0.3 is 5.32 Å². The van der Waals surface area contributed by atoms with Crippen molar-refractivity contribution in [2.24, 2.45) is 0 Å². The first-order valence-corrected chi connectivity index (χ1v) is 7.70. The Morgan fingerprint density at radius 3 is 2.32 bits per heavy atom. The van der Waals surface area contributed by atoms with Crippen LogP contribution < -0.4 is 5.32 Å². The second-order valence-corrected chi connectivity index (χ2v) is 5.99. The molecule has 2 nitrogen and oxygen atoms in total. The van der Waals surface area contributed by atoms with Gasteiger partial charge in [0.1, 0.15) is 0 Å². The highest BCUT2D eigenvalue weighted by Crippen LogP contribution is 2.19. The summed E-state index contributed by atoms with van der Waals surface area (Å²) in [5, 5.41) is 3.25. The highest BCUT2D eigenvalue weighted by Gasteiger charge is 2.15. The predicted molar refractivity (Wildman–Crippen MR) is 80.7 cm³/mol. The van der Waals surface area contributed by atoms with E-state index in [1.807, 2.05) is 56.4 Å². The Bertz CT molecular complexity index is 554. The Balaban J connectivity index is 2.16. The van der Waals surface area contributed by atoms with Crippen molar-refractivity contribution >= 4 is 10.8 Å². The average molecular weight is 273 g/mol. The summed E-state index contributed by atoms with van der Waals surface area (Å²) in [4.78, 5) is 0.929. The number of aryl methyl sites for hydroxylation is 1. The van der Waals surface area contributed by atoms with Gasteiger partial charge in [0.2, 0.25) is 0 Å². The van der Waals surface area contributed by atoms with Crippen LogP contribution in [0.15, 0.2) is 59.5 Å². The Labute approximate surface area is 117 Å². The van der Waals surface area contributed by atoms with Crippen LogP contribution in [-0.2, 0) is 10.8 Å². The molecule has 0 heterocycles. The molecule has 0 bridgehead atoms. The topological polar surface area (TPSA) is 29.1 Å². The smallest absolute Gasteiger partial charge is 0.0551 e. The van der Waals surface area contributed by atoms with Gasteiger partial charge >= 0.3 is 0 Å². The number of nitrogens with one attached hydrogen (secondary N) is 1. The van der Waals surface area contributed by atoms with Crippen LogP contribution in [0.4, 0.5) is 0 Å². The Kier molecular flexibility index (Phi) is 4.88. The van der Waals surface area contributed by atoms with Gasteiger partial charge in [-0.3, -0.25) is 4.21 Å². The van der Waals surface area contributed by atoms with E-state index in [0.29, 0.717) is 5.75 Å². The van der Waals surface area contributed by atoms with Gasteiger partial charge in [0.15, 0.2) is 0 Å². The minimum atomic E-state index is -0.988. The lowest BCUT2D eigenvalue weighted by atomic mass is 10.1. The molecule has 100 valence electrons. The molecule has 0 aliphatic rings. The fourth-order valence-corrected chi connectivity index (χ4v) is 3.58. The van der Waals surface area contributed by atoms with E-state index in [1.165, 1.54) is 5.56 Å². The maximum absolute atomic E-state index is 12.5. The Hall–Kier alpha value is -1.45. The molecule has 0 amide bonds. The van der Waals surface area contributed by atoms with Crippen molar-refractivity contribution in [3.63, 3.8) is 0 Å². The first-order chi connectivity index (χ1) is 9.22. The summed E-state index contributed by atoms with van der Waals surface area (Å²) in [5.74, 6) is 0.589. The zero-order valence-electron chi connectivity index (χ0n) is 11.3. The van der Waals surface area contributed by atoms with E-state index in [-0.39, 0.29) is 6.04 Å². The van der Waals surface area contributed by atoms with Gasteiger partial charge in [-0.2, -0.15) is 0 Å². The molecule has 0 fully saturated rings. The van der Waals surface area contributed by atoms with Crippen LogP contribution in [0, 0.1) is 6.92 Å². The fourth-order valence-electron chi connectivity index (χ4n) is 2.08. The third-order valence-electron chi connectivity index (χ3n) is 3.21. The summed E-state index contributed by atoms with van der Waals surface area (Å²) in [6, 6.07) is 18.1. The lowest BCUT2D eigenvalue weighted by Gasteiger charge is -2.16. The molecular weight excluding hydrogens is 254 g/mol. The first kappa shape index (κ1) is 14.0. The van der Waals surface area contributed by atoms with Gasteiger partial charge in [0.05, 0.1) is 10.8 Å². The molecule has 2 rings (SSSR count). The van der Waals surface area contributed by atoms with Gasteiger partial charge in [-0.25, -0.2) is 0 Å². The van der Waals surface area contributed by atoms with Gasteiger partial charge in [-0.15, -0.1) is 0 Å². The first-order valence-electron chi connectivity index (χ1n) is 6.38. The van der Waals surface area contributed by atoms with Crippen molar-refractivity contribution in [3.05, 3.63) is 65.7 Å². The van der Waals surface area contributed by atoms with Gasteiger partial charge in [0.25, 0.3) is 0 Å². The zero-order chi connectivity index (χ0) is 13.7. The summed E-state index contributed by atoms with van der Waals surface area (Å²) >= 11 is 0. The standard InChI is InChI=1S/C16H19NOS/c1-13-8-6-7-11-16(13)19(18)12-15(17-2)14-9-4-3-5-10-14/h3-11,15,17H,12H2,1-2H3. The number of benzene rings is 2. The quantitative estimate of drug-likeness (QED) is 0.907. The summed E-state index contributed by atoms with van der Waals surface area (Å²) in [6.07, 6.45) is 0. The largest absolute Gasteiger partial charge is 0.312 e. The van der Waals surface area contributed by atoms with Crippen LogP contribution in [0.2, 0.25) is 0 Å². The van der Waals surface area contributed by atoms with Crippen molar-refractivity contribution in [1.82, 2.24) is 5.32 Å². The molecule has 2 aromatic carbocycles. The number of rotatable bonds is 5. The van der Waals surface area contributed by atoms with E-state index < -0.39 is 10.8 Å². The van der Waals surface area contributed by atoms with Crippen LogP contribution in [0.3, 0.4) is 0 Å². The highest BCUT2D eigenvalue weighted by atomic mass is 32.2. The van der Waals surface area contributed by atoms with E-state index in [0.717, 1.165) is 10.5 Å². The molecule has 0 radical (unpaired) electrons. The Morgan fingerprint density at radius 1 is 1.05 bits per heavy atom. The third-order valence-corrected chi connectivity index (χ3v) is 4.79. The van der Waals surface area contributed by atoms with Crippen LogP contribution in [-0.4, -0.2) is 17.0 Å².